The van der Waals surface area contributed by atoms with Crippen molar-refractivity contribution < 1.29 is 53.8 Å². The zero-order valence-electron chi connectivity index (χ0n) is 20.2. The summed E-state index contributed by atoms with van der Waals surface area (Å²) in [6.45, 7) is 3.10. The Hall–Kier alpha value is -3.22. The minimum Gasteiger partial charge on any atom is -0.449 e. The van der Waals surface area contributed by atoms with Crippen LogP contribution >= 0.6 is 0 Å². The summed E-state index contributed by atoms with van der Waals surface area (Å²) in [5.74, 6) is 0. The normalized spacial score (nSPS) is 17.1. The molecule has 1 aliphatic rings. The van der Waals surface area contributed by atoms with Gasteiger partial charge in [0.2, 0.25) is 0 Å². The van der Waals surface area contributed by atoms with Crippen LogP contribution in [0.4, 0.5) is 50.0 Å². The van der Waals surface area contributed by atoms with E-state index < -0.39 is 59.0 Å². The van der Waals surface area contributed by atoms with Gasteiger partial charge in [-0.2, -0.15) is 39.5 Å². The van der Waals surface area contributed by atoms with Gasteiger partial charge in [-0.1, -0.05) is 13.0 Å². The maximum Gasteiger partial charge on any atom is 0.416 e. The zero-order valence-corrected chi connectivity index (χ0v) is 20.2. The SMILES string of the molecule is CCOC(=O)N1c2ccc(C(F)(F)F)cc2C(C(OC)c2cc(C(F)(F)F)cc(C(F)(F)F)c2)=CC1CC. The highest BCUT2D eigenvalue weighted by Gasteiger charge is 2.40. The van der Waals surface area contributed by atoms with Gasteiger partial charge in [0.15, 0.2) is 0 Å². The van der Waals surface area contributed by atoms with Crippen molar-refractivity contribution in [2.45, 2.75) is 50.9 Å². The van der Waals surface area contributed by atoms with E-state index in [9.17, 15) is 44.3 Å². The predicted molar refractivity (Wildman–Crippen MR) is 119 cm³/mol. The molecule has 1 aliphatic heterocycles. The van der Waals surface area contributed by atoms with E-state index in [0.29, 0.717) is 24.3 Å². The Morgan fingerprint density at radius 2 is 1.42 bits per heavy atom. The van der Waals surface area contributed by atoms with E-state index in [1.165, 1.54) is 13.0 Å². The molecule has 2 aromatic rings. The summed E-state index contributed by atoms with van der Waals surface area (Å²) in [5, 5.41) is 0. The van der Waals surface area contributed by atoms with Gasteiger partial charge in [0.05, 0.1) is 35.0 Å². The number of amides is 1. The summed E-state index contributed by atoms with van der Waals surface area (Å²) in [5.41, 5.74) is -5.38. The van der Waals surface area contributed by atoms with Crippen LogP contribution in [0.15, 0.2) is 42.5 Å². The first kappa shape index (κ1) is 29.3. The molecule has 0 spiro atoms. The third-order valence-electron chi connectivity index (χ3n) is 5.91. The van der Waals surface area contributed by atoms with Gasteiger partial charge >= 0.3 is 24.6 Å². The lowest BCUT2D eigenvalue weighted by molar-refractivity contribution is -0.143. The van der Waals surface area contributed by atoms with Crippen LogP contribution in [0.5, 0.6) is 0 Å². The molecule has 0 aliphatic carbocycles. The molecule has 38 heavy (non-hydrogen) atoms. The van der Waals surface area contributed by atoms with Crippen LogP contribution in [-0.4, -0.2) is 25.9 Å². The Labute approximate surface area is 211 Å². The Morgan fingerprint density at radius 1 is 0.868 bits per heavy atom. The quantitative estimate of drug-likeness (QED) is 0.349. The third-order valence-corrected chi connectivity index (χ3v) is 5.91. The topological polar surface area (TPSA) is 38.8 Å². The summed E-state index contributed by atoms with van der Waals surface area (Å²) >= 11 is 0. The number of ether oxygens (including phenoxy) is 2. The first-order chi connectivity index (χ1) is 17.5. The summed E-state index contributed by atoms with van der Waals surface area (Å²) in [6, 6.07) is 2.40. The lowest BCUT2D eigenvalue weighted by atomic mass is 9.86. The van der Waals surface area contributed by atoms with Crippen molar-refractivity contribution in [3.63, 3.8) is 0 Å². The van der Waals surface area contributed by atoms with E-state index in [1.807, 2.05) is 0 Å². The van der Waals surface area contributed by atoms with Crippen molar-refractivity contribution in [3.8, 4) is 0 Å². The molecule has 2 aromatic carbocycles. The molecule has 0 saturated heterocycles. The molecule has 0 fully saturated rings. The van der Waals surface area contributed by atoms with Crippen LogP contribution in [0.2, 0.25) is 0 Å². The molecular formula is C25H22F9NO3. The minimum absolute atomic E-state index is 0.0521. The van der Waals surface area contributed by atoms with Crippen molar-refractivity contribution in [2.24, 2.45) is 0 Å². The molecule has 0 radical (unpaired) electrons. The Bertz CT molecular complexity index is 1180. The highest BCUT2D eigenvalue weighted by molar-refractivity contribution is 5.97. The van der Waals surface area contributed by atoms with Gasteiger partial charge in [-0.3, -0.25) is 4.90 Å². The van der Waals surface area contributed by atoms with Gasteiger partial charge in [0.1, 0.15) is 6.10 Å². The van der Waals surface area contributed by atoms with Gasteiger partial charge in [-0.05, 0) is 60.9 Å². The van der Waals surface area contributed by atoms with Crippen molar-refractivity contribution in [3.05, 3.63) is 70.3 Å². The number of hydrogen-bond acceptors (Lipinski definition) is 3. The average molecular weight is 555 g/mol. The van der Waals surface area contributed by atoms with Gasteiger partial charge in [-0.25, -0.2) is 4.79 Å². The third kappa shape index (κ3) is 5.92. The van der Waals surface area contributed by atoms with Crippen LogP contribution in [0.25, 0.3) is 5.57 Å². The summed E-state index contributed by atoms with van der Waals surface area (Å²) < 4.78 is 132. The summed E-state index contributed by atoms with van der Waals surface area (Å²) in [7, 11) is 1.00. The number of benzene rings is 2. The minimum atomic E-state index is -5.15. The predicted octanol–water partition coefficient (Wildman–Crippen LogP) is 8.27. The molecule has 1 amide bonds. The first-order valence-electron chi connectivity index (χ1n) is 11.2. The van der Waals surface area contributed by atoms with Gasteiger partial charge in [0.25, 0.3) is 0 Å². The zero-order chi connectivity index (χ0) is 28.6. The standard InChI is InChI=1S/C25H22F9NO3/c1-4-17-12-19(18-11-14(23(26,27)28)6-7-20(18)35(17)22(36)38-5-2)21(37-3)13-8-15(24(29,30)31)10-16(9-13)25(32,33)34/h6-12,17,21H,4-5H2,1-3H3. The van der Waals surface area contributed by atoms with Crippen LogP contribution < -0.4 is 4.90 Å². The smallest absolute Gasteiger partial charge is 0.416 e. The number of fused-ring (bicyclic) bond motifs is 1. The van der Waals surface area contributed by atoms with Crippen LogP contribution in [0, 0.1) is 0 Å². The van der Waals surface area contributed by atoms with Crippen LogP contribution in [0.3, 0.4) is 0 Å². The van der Waals surface area contributed by atoms with E-state index in [4.69, 9.17) is 9.47 Å². The van der Waals surface area contributed by atoms with Crippen molar-refractivity contribution in [1.29, 1.82) is 0 Å². The molecule has 13 heteroatoms. The molecule has 2 atom stereocenters. The van der Waals surface area contributed by atoms with Gasteiger partial charge in [-0.15, -0.1) is 0 Å². The molecule has 0 N–H and O–H groups in total. The van der Waals surface area contributed by atoms with E-state index in [1.54, 1.807) is 6.92 Å². The van der Waals surface area contributed by atoms with E-state index in [0.717, 1.165) is 18.1 Å². The average Bonchev–Trinajstić information content (AvgIpc) is 2.82. The van der Waals surface area contributed by atoms with Crippen LogP contribution in [0.1, 0.15) is 54.2 Å². The lowest BCUT2D eigenvalue weighted by Gasteiger charge is -2.37. The molecule has 0 saturated carbocycles. The number of methoxy groups -OCH3 is 1. The number of halogens is 9. The van der Waals surface area contributed by atoms with Crippen molar-refractivity contribution in [1.82, 2.24) is 0 Å². The highest BCUT2D eigenvalue weighted by atomic mass is 19.4. The van der Waals surface area contributed by atoms with Crippen molar-refractivity contribution >= 4 is 17.4 Å². The summed E-state index contributed by atoms with van der Waals surface area (Å²) in [6.07, 6.45) is -16.2. The fourth-order valence-corrected chi connectivity index (χ4v) is 4.23. The number of carbonyl (C=O) groups is 1. The molecule has 208 valence electrons. The molecule has 0 aromatic heterocycles. The van der Waals surface area contributed by atoms with Crippen LogP contribution in [-0.2, 0) is 28.0 Å². The maximum atomic E-state index is 13.6. The fraction of sp³-hybridized carbons (Fsp3) is 0.400. The Morgan fingerprint density at radius 3 is 1.87 bits per heavy atom. The molecule has 2 unspecified atom stereocenters. The largest absolute Gasteiger partial charge is 0.449 e. The Balaban J connectivity index is 2.31. The second-order valence-electron chi connectivity index (χ2n) is 8.35. The number of alkyl halides is 9. The van der Waals surface area contributed by atoms with Crippen molar-refractivity contribution in [2.75, 3.05) is 18.6 Å². The van der Waals surface area contributed by atoms with Gasteiger partial charge in [0, 0.05) is 12.7 Å². The second-order valence-corrected chi connectivity index (χ2v) is 8.35. The highest BCUT2D eigenvalue weighted by Crippen LogP contribution is 2.47. The van der Waals surface area contributed by atoms with E-state index in [-0.39, 0.29) is 35.9 Å². The molecule has 3 rings (SSSR count). The number of carbonyl (C=O) groups excluding carboxylic acids is 1. The summed E-state index contributed by atoms with van der Waals surface area (Å²) in [4.78, 5) is 13.8. The Kier molecular flexibility index (Phi) is 8.11. The molecule has 4 nitrogen and oxygen atoms in total. The second kappa shape index (κ2) is 10.5. The lowest BCUT2D eigenvalue weighted by Crippen LogP contribution is -2.42. The number of anilines is 1. The number of rotatable bonds is 5. The van der Waals surface area contributed by atoms with E-state index in [2.05, 4.69) is 0 Å². The van der Waals surface area contributed by atoms with E-state index >= 15 is 0 Å². The monoisotopic (exact) mass is 555 g/mol. The first-order valence-corrected chi connectivity index (χ1v) is 11.2. The molecular weight excluding hydrogens is 533 g/mol. The fourth-order valence-electron chi connectivity index (χ4n) is 4.23. The molecule has 1 heterocycles. The van der Waals surface area contributed by atoms with Gasteiger partial charge < -0.3 is 9.47 Å². The number of hydrogen-bond donors (Lipinski definition) is 0. The number of nitrogens with zero attached hydrogens (tertiary/aromatic N) is 1. The maximum absolute atomic E-state index is 13.6. The molecule has 0 bridgehead atoms.